The van der Waals surface area contributed by atoms with Crippen LogP contribution in [0, 0.1) is 0 Å². The highest BCUT2D eigenvalue weighted by molar-refractivity contribution is 5.94. The molecule has 6 nitrogen and oxygen atoms in total. The van der Waals surface area contributed by atoms with Crippen LogP contribution in [0.15, 0.2) is 47.7 Å². The summed E-state index contributed by atoms with van der Waals surface area (Å²) in [5.41, 5.74) is 10.5. The predicted molar refractivity (Wildman–Crippen MR) is 103 cm³/mol. The molecule has 0 saturated carbocycles. The number of carbonyl (C=O) groups excluding carboxylic acids is 1. The number of benzene rings is 1. The number of nitrogens with one attached hydrogen (secondary N) is 1. The topological polar surface area (TPSA) is 83.6 Å². The molecule has 2 aromatic rings. The van der Waals surface area contributed by atoms with E-state index in [4.69, 9.17) is 5.73 Å². The third-order valence-electron chi connectivity index (χ3n) is 3.67. The van der Waals surface area contributed by atoms with Crippen LogP contribution in [-0.4, -0.2) is 30.2 Å². The zero-order chi connectivity index (χ0) is 18.1. The number of hydrogen-bond acceptors (Lipinski definition) is 5. The van der Waals surface area contributed by atoms with Crippen molar-refractivity contribution in [3.63, 3.8) is 0 Å². The van der Waals surface area contributed by atoms with E-state index in [1.54, 1.807) is 18.3 Å². The summed E-state index contributed by atoms with van der Waals surface area (Å²) < 4.78 is 0. The monoisotopic (exact) mass is 339 g/mol. The van der Waals surface area contributed by atoms with Gasteiger partial charge in [0.2, 0.25) is 0 Å². The Morgan fingerprint density at radius 2 is 1.84 bits per heavy atom. The number of hydrogen-bond donors (Lipinski definition) is 2. The summed E-state index contributed by atoms with van der Waals surface area (Å²) in [5.74, 6) is 0.0535. The Morgan fingerprint density at radius 3 is 2.40 bits per heavy atom. The number of hydrazone groups is 1. The van der Waals surface area contributed by atoms with Crippen molar-refractivity contribution in [3.8, 4) is 0 Å². The third kappa shape index (κ3) is 5.60. The fraction of sp³-hybridized carbons (Fsp3) is 0.316. The van der Waals surface area contributed by atoms with E-state index in [2.05, 4.69) is 46.4 Å². The number of nitrogens with zero attached hydrogens (tertiary/aromatic N) is 3. The first-order chi connectivity index (χ1) is 12.1. The lowest BCUT2D eigenvalue weighted by Gasteiger charge is -2.23. The average molecular weight is 339 g/mol. The van der Waals surface area contributed by atoms with Gasteiger partial charge in [0.15, 0.2) is 0 Å². The number of carbonyl (C=O) groups is 1. The number of amides is 1. The van der Waals surface area contributed by atoms with Gasteiger partial charge in [-0.25, -0.2) is 10.4 Å². The highest BCUT2D eigenvalue weighted by Gasteiger charge is 2.05. The highest BCUT2D eigenvalue weighted by atomic mass is 16.2. The Morgan fingerprint density at radius 1 is 1.16 bits per heavy atom. The summed E-state index contributed by atoms with van der Waals surface area (Å²) in [5, 5.41) is 3.99. The van der Waals surface area contributed by atoms with Gasteiger partial charge in [0.05, 0.1) is 11.8 Å². The van der Waals surface area contributed by atoms with Gasteiger partial charge in [-0.05, 0) is 42.7 Å². The predicted octanol–water partition coefficient (Wildman–Crippen LogP) is 3.05. The van der Waals surface area contributed by atoms with Gasteiger partial charge in [-0.1, -0.05) is 26.0 Å². The van der Waals surface area contributed by atoms with E-state index in [0.717, 1.165) is 31.5 Å². The molecule has 0 unspecified atom stereocenters. The van der Waals surface area contributed by atoms with Crippen molar-refractivity contribution < 1.29 is 4.79 Å². The zero-order valence-corrected chi connectivity index (χ0v) is 14.8. The molecule has 25 heavy (non-hydrogen) atoms. The van der Waals surface area contributed by atoms with E-state index in [1.165, 1.54) is 11.9 Å². The van der Waals surface area contributed by atoms with E-state index in [9.17, 15) is 4.79 Å². The van der Waals surface area contributed by atoms with Crippen molar-refractivity contribution in [2.24, 2.45) is 5.10 Å². The number of aromatic nitrogens is 1. The van der Waals surface area contributed by atoms with Gasteiger partial charge in [0.1, 0.15) is 5.82 Å². The van der Waals surface area contributed by atoms with Crippen molar-refractivity contribution in [1.82, 2.24) is 10.4 Å². The Balaban J connectivity index is 1.94. The normalized spacial score (nSPS) is 10.8. The summed E-state index contributed by atoms with van der Waals surface area (Å²) in [6.07, 6.45) is 5.28. The van der Waals surface area contributed by atoms with Crippen molar-refractivity contribution in [2.45, 2.75) is 26.7 Å². The molecule has 2 rings (SSSR count). The van der Waals surface area contributed by atoms with Gasteiger partial charge < -0.3 is 10.6 Å². The van der Waals surface area contributed by atoms with E-state index >= 15 is 0 Å². The van der Waals surface area contributed by atoms with Gasteiger partial charge >= 0.3 is 0 Å². The molecule has 0 aliphatic carbocycles. The fourth-order valence-electron chi connectivity index (χ4n) is 2.45. The first kappa shape index (κ1) is 18.4. The van der Waals surface area contributed by atoms with E-state index < -0.39 is 0 Å². The van der Waals surface area contributed by atoms with Crippen LogP contribution in [-0.2, 0) is 0 Å². The molecule has 0 atom stereocenters. The molecule has 6 heteroatoms. The molecule has 132 valence electrons. The standard InChI is InChI=1S/C19H25N5O/c1-3-11-24(12-4-2)17-8-5-15(6-9-17)13-22-23-19(25)16-7-10-18(20)21-14-16/h5-10,13-14H,3-4,11-12H2,1-2H3,(H2,20,21)(H,23,25)/b22-13+. The molecule has 0 bridgehead atoms. The van der Waals surface area contributed by atoms with Gasteiger partial charge in [0, 0.05) is 25.0 Å². The van der Waals surface area contributed by atoms with E-state index in [0.29, 0.717) is 11.4 Å². The zero-order valence-electron chi connectivity index (χ0n) is 14.8. The van der Waals surface area contributed by atoms with Crippen LogP contribution in [0.5, 0.6) is 0 Å². The summed E-state index contributed by atoms with van der Waals surface area (Å²) in [6, 6.07) is 11.3. The van der Waals surface area contributed by atoms with Crippen LogP contribution >= 0.6 is 0 Å². The van der Waals surface area contributed by atoms with Crippen molar-refractivity contribution in [1.29, 1.82) is 0 Å². The van der Waals surface area contributed by atoms with E-state index in [-0.39, 0.29) is 5.91 Å². The second kappa shape index (κ2) is 9.42. The SMILES string of the molecule is CCCN(CCC)c1ccc(/C=N/NC(=O)c2ccc(N)nc2)cc1. The molecule has 0 aliphatic rings. The maximum atomic E-state index is 11.9. The summed E-state index contributed by atoms with van der Waals surface area (Å²) >= 11 is 0. The molecule has 0 fully saturated rings. The Hall–Kier alpha value is -2.89. The molecular weight excluding hydrogens is 314 g/mol. The number of nitrogens with two attached hydrogens (primary N) is 1. The van der Waals surface area contributed by atoms with Gasteiger partial charge in [-0.3, -0.25) is 4.79 Å². The largest absolute Gasteiger partial charge is 0.384 e. The molecule has 0 saturated heterocycles. The lowest BCUT2D eigenvalue weighted by atomic mass is 10.2. The first-order valence-electron chi connectivity index (χ1n) is 8.54. The average Bonchev–Trinajstić information content (AvgIpc) is 2.62. The number of anilines is 2. The maximum absolute atomic E-state index is 11.9. The van der Waals surface area contributed by atoms with Crippen LogP contribution in [0.4, 0.5) is 11.5 Å². The Labute approximate surface area is 148 Å². The van der Waals surface area contributed by atoms with Gasteiger partial charge in [-0.15, -0.1) is 0 Å². The first-order valence-corrected chi connectivity index (χ1v) is 8.54. The third-order valence-corrected chi connectivity index (χ3v) is 3.67. The van der Waals surface area contributed by atoms with Crippen LogP contribution in [0.25, 0.3) is 0 Å². The van der Waals surface area contributed by atoms with Crippen LogP contribution in [0.1, 0.15) is 42.6 Å². The van der Waals surface area contributed by atoms with Crippen LogP contribution in [0.3, 0.4) is 0 Å². The number of pyridine rings is 1. The minimum atomic E-state index is -0.322. The molecule has 1 aromatic heterocycles. The van der Waals surface area contributed by atoms with Crippen molar-refractivity contribution >= 4 is 23.6 Å². The molecular formula is C19H25N5O. The van der Waals surface area contributed by atoms with Crippen LogP contribution < -0.4 is 16.1 Å². The molecule has 0 aliphatic heterocycles. The minimum Gasteiger partial charge on any atom is -0.384 e. The lowest BCUT2D eigenvalue weighted by molar-refractivity contribution is 0.0955. The maximum Gasteiger partial charge on any atom is 0.272 e. The molecule has 1 amide bonds. The Bertz CT molecular complexity index is 689. The summed E-state index contributed by atoms with van der Waals surface area (Å²) in [6.45, 7) is 6.46. The quantitative estimate of drug-likeness (QED) is 0.572. The van der Waals surface area contributed by atoms with Crippen molar-refractivity contribution in [3.05, 3.63) is 53.7 Å². The second-order valence-corrected chi connectivity index (χ2v) is 5.75. The van der Waals surface area contributed by atoms with Gasteiger partial charge in [-0.2, -0.15) is 5.10 Å². The summed E-state index contributed by atoms with van der Waals surface area (Å²) in [4.78, 5) is 18.2. The smallest absolute Gasteiger partial charge is 0.272 e. The number of nitrogen functional groups attached to an aromatic ring is 1. The molecule has 0 radical (unpaired) electrons. The minimum absolute atomic E-state index is 0.322. The fourth-order valence-corrected chi connectivity index (χ4v) is 2.45. The highest BCUT2D eigenvalue weighted by Crippen LogP contribution is 2.15. The molecule has 3 N–H and O–H groups in total. The van der Waals surface area contributed by atoms with Gasteiger partial charge in [0.25, 0.3) is 5.91 Å². The van der Waals surface area contributed by atoms with E-state index in [1.807, 2.05) is 12.1 Å². The molecule has 1 aromatic carbocycles. The Kier molecular flexibility index (Phi) is 6.95. The number of rotatable bonds is 8. The summed E-state index contributed by atoms with van der Waals surface area (Å²) in [7, 11) is 0. The molecule has 0 spiro atoms. The lowest BCUT2D eigenvalue weighted by Crippen LogP contribution is -2.24. The van der Waals surface area contributed by atoms with Crippen molar-refractivity contribution in [2.75, 3.05) is 23.7 Å². The second-order valence-electron chi connectivity index (χ2n) is 5.75. The molecule has 1 heterocycles. The van der Waals surface area contributed by atoms with Crippen LogP contribution in [0.2, 0.25) is 0 Å².